The molecule has 0 aliphatic rings. The van der Waals surface area contributed by atoms with Gasteiger partial charge in [-0.05, 0) is 30.0 Å². The van der Waals surface area contributed by atoms with Crippen molar-refractivity contribution < 1.29 is 14.6 Å². The van der Waals surface area contributed by atoms with E-state index >= 15 is 0 Å². The first kappa shape index (κ1) is 16.2. The van der Waals surface area contributed by atoms with Crippen LogP contribution in [0.4, 0.5) is 0 Å². The third kappa shape index (κ3) is 5.89. The molecule has 0 amide bonds. The second-order valence-corrected chi connectivity index (χ2v) is 5.14. The molecule has 4 heteroatoms. The molecule has 0 aliphatic carbocycles. The summed E-state index contributed by atoms with van der Waals surface area (Å²) in [6.45, 7) is 8.64. The van der Waals surface area contributed by atoms with Gasteiger partial charge in [-0.25, -0.2) is 0 Å². The minimum Gasteiger partial charge on any atom is -0.490 e. The molecule has 0 saturated heterocycles. The number of hydrogen-bond donors (Lipinski definition) is 2. The molecular weight excluding hydrogens is 254 g/mol. The lowest BCUT2D eigenvalue weighted by Crippen LogP contribution is -2.37. The summed E-state index contributed by atoms with van der Waals surface area (Å²) < 4.78 is 5.39. The van der Waals surface area contributed by atoms with Crippen molar-refractivity contribution in [3.63, 3.8) is 0 Å². The Kier molecular flexibility index (Phi) is 6.81. The van der Waals surface area contributed by atoms with Crippen molar-refractivity contribution in [3.8, 4) is 5.75 Å². The molecule has 20 heavy (non-hydrogen) atoms. The molecule has 1 atom stereocenters. The summed E-state index contributed by atoms with van der Waals surface area (Å²) in [5.74, 6) is 0.327. The van der Waals surface area contributed by atoms with Crippen LogP contribution in [0.5, 0.6) is 5.75 Å². The van der Waals surface area contributed by atoms with Crippen molar-refractivity contribution >= 4 is 5.97 Å². The third-order valence-corrected chi connectivity index (χ3v) is 2.85. The molecule has 4 nitrogen and oxygen atoms in total. The van der Waals surface area contributed by atoms with Crippen molar-refractivity contribution in [1.82, 2.24) is 5.32 Å². The van der Waals surface area contributed by atoms with E-state index in [9.17, 15) is 4.79 Å². The molecular formula is C16H23NO3. The monoisotopic (exact) mass is 277 g/mol. The number of benzene rings is 1. The Labute approximate surface area is 120 Å². The lowest BCUT2D eigenvalue weighted by atomic mass is 10.0. The lowest BCUT2D eigenvalue weighted by molar-refractivity contribution is -0.140. The fourth-order valence-electron chi connectivity index (χ4n) is 1.84. The molecule has 0 fully saturated rings. The third-order valence-electron chi connectivity index (χ3n) is 2.85. The zero-order valence-corrected chi connectivity index (χ0v) is 12.1. The van der Waals surface area contributed by atoms with E-state index in [0.717, 1.165) is 11.3 Å². The first-order chi connectivity index (χ1) is 9.52. The van der Waals surface area contributed by atoms with Crippen LogP contribution in [0.15, 0.2) is 36.9 Å². The molecule has 0 unspecified atom stereocenters. The Balaban J connectivity index is 2.50. The molecule has 0 heterocycles. The molecule has 1 aromatic carbocycles. The fourth-order valence-corrected chi connectivity index (χ4v) is 1.84. The van der Waals surface area contributed by atoms with Gasteiger partial charge in [0.15, 0.2) is 0 Å². The van der Waals surface area contributed by atoms with Gasteiger partial charge in [0, 0.05) is 6.54 Å². The highest BCUT2D eigenvalue weighted by atomic mass is 16.5. The molecule has 0 aromatic heterocycles. The van der Waals surface area contributed by atoms with Crippen molar-refractivity contribution in [2.45, 2.75) is 32.9 Å². The van der Waals surface area contributed by atoms with E-state index < -0.39 is 12.0 Å². The average Bonchev–Trinajstić information content (AvgIpc) is 2.41. The Morgan fingerprint density at radius 1 is 1.40 bits per heavy atom. The van der Waals surface area contributed by atoms with Crippen LogP contribution in [-0.2, 0) is 11.3 Å². The summed E-state index contributed by atoms with van der Waals surface area (Å²) in [7, 11) is 0. The van der Waals surface area contributed by atoms with Gasteiger partial charge in [-0.3, -0.25) is 4.79 Å². The van der Waals surface area contributed by atoms with E-state index in [1.165, 1.54) is 0 Å². The fraction of sp³-hybridized carbons (Fsp3) is 0.438. The maximum atomic E-state index is 11.1. The highest BCUT2D eigenvalue weighted by Crippen LogP contribution is 2.13. The predicted octanol–water partition coefficient (Wildman–Crippen LogP) is 2.84. The number of ether oxygens (including phenoxy) is 1. The van der Waals surface area contributed by atoms with Crippen molar-refractivity contribution in [3.05, 3.63) is 42.5 Å². The minimum absolute atomic E-state index is 0.346. The van der Waals surface area contributed by atoms with Crippen LogP contribution >= 0.6 is 0 Å². The van der Waals surface area contributed by atoms with Gasteiger partial charge in [0.2, 0.25) is 0 Å². The Morgan fingerprint density at radius 2 is 2.05 bits per heavy atom. The molecule has 0 spiro atoms. The molecule has 0 bridgehead atoms. The van der Waals surface area contributed by atoms with Gasteiger partial charge in [0.25, 0.3) is 0 Å². The molecule has 2 N–H and O–H groups in total. The second-order valence-electron chi connectivity index (χ2n) is 5.14. The first-order valence-corrected chi connectivity index (χ1v) is 6.81. The average molecular weight is 277 g/mol. The van der Waals surface area contributed by atoms with E-state index in [4.69, 9.17) is 9.84 Å². The lowest BCUT2D eigenvalue weighted by Gasteiger charge is -2.16. The number of nitrogens with one attached hydrogen (secondary N) is 1. The summed E-state index contributed by atoms with van der Waals surface area (Å²) in [4.78, 5) is 11.1. The number of carboxylic acid groups (broad SMARTS) is 1. The molecule has 110 valence electrons. The van der Waals surface area contributed by atoms with Crippen molar-refractivity contribution in [2.75, 3.05) is 6.61 Å². The first-order valence-electron chi connectivity index (χ1n) is 6.81. The van der Waals surface area contributed by atoms with Gasteiger partial charge in [0.05, 0.1) is 0 Å². The molecule has 0 aliphatic heterocycles. The quantitative estimate of drug-likeness (QED) is 0.681. The maximum Gasteiger partial charge on any atom is 0.320 e. The summed E-state index contributed by atoms with van der Waals surface area (Å²) >= 11 is 0. The smallest absolute Gasteiger partial charge is 0.320 e. The van der Waals surface area contributed by atoms with Gasteiger partial charge < -0.3 is 15.2 Å². The van der Waals surface area contributed by atoms with Crippen molar-refractivity contribution in [2.24, 2.45) is 5.92 Å². The summed E-state index contributed by atoms with van der Waals surface area (Å²) in [5.41, 5.74) is 1.03. The highest BCUT2D eigenvalue weighted by molar-refractivity contribution is 5.73. The van der Waals surface area contributed by atoms with Crippen LogP contribution in [-0.4, -0.2) is 23.7 Å². The van der Waals surface area contributed by atoms with Crippen LogP contribution in [0.2, 0.25) is 0 Å². The molecule has 1 rings (SSSR count). The maximum absolute atomic E-state index is 11.1. The number of aliphatic carboxylic acids is 1. The van der Waals surface area contributed by atoms with Crippen LogP contribution in [0.1, 0.15) is 25.8 Å². The minimum atomic E-state index is -0.801. The molecule has 0 saturated carbocycles. The topological polar surface area (TPSA) is 58.6 Å². The van der Waals surface area contributed by atoms with Crippen LogP contribution in [0, 0.1) is 5.92 Å². The van der Waals surface area contributed by atoms with Gasteiger partial charge in [-0.15, -0.1) is 0 Å². The van der Waals surface area contributed by atoms with E-state index in [1.807, 2.05) is 38.1 Å². The van der Waals surface area contributed by atoms with E-state index in [2.05, 4.69) is 11.9 Å². The number of carbonyl (C=O) groups is 1. The largest absolute Gasteiger partial charge is 0.490 e. The number of hydrogen-bond acceptors (Lipinski definition) is 3. The van der Waals surface area contributed by atoms with E-state index in [-0.39, 0.29) is 0 Å². The zero-order chi connectivity index (χ0) is 15.0. The summed E-state index contributed by atoms with van der Waals surface area (Å²) in [5, 5.41) is 12.2. The standard InChI is InChI=1S/C16H23NO3/c1-4-9-20-14-7-5-13(6-8-14)11-17-15(16(18)19)10-12(2)3/h4-8,12,15,17H,1,9-11H2,2-3H3,(H,18,19)/t15-/m1/s1. The SMILES string of the molecule is C=CCOc1ccc(CN[C@H](CC(C)C)C(=O)O)cc1. The number of rotatable bonds is 9. The van der Waals surface area contributed by atoms with Gasteiger partial charge in [-0.1, -0.05) is 38.6 Å². The summed E-state index contributed by atoms with van der Waals surface area (Å²) in [6, 6.07) is 7.10. The van der Waals surface area contributed by atoms with Gasteiger partial charge >= 0.3 is 5.97 Å². The Hall–Kier alpha value is -1.81. The van der Waals surface area contributed by atoms with Crippen LogP contribution in [0.3, 0.4) is 0 Å². The normalized spacial score (nSPS) is 12.2. The van der Waals surface area contributed by atoms with Crippen LogP contribution in [0.25, 0.3) is 0 Å². The Morgan fingerprint density at radius 3 is 2.55 bits per heavy atom. The molecule has 0 radical (unpaired) electrons. The van der Waals surface area contributed by atoms with Gasteiger partial charge in [-0.2, -0.15) is 0 Å². The number of carboxylic acids is 1. The Bertz CT molecular complexity index is 426. The van der Waals surface area contributed by atoms with Crippen molar-refractivity contribution in [1.29, 1.82) is 0 Å². The van der Waals surface area contributed by atoms with Gasteiger partial charge in [0.1, 0.15) is 18.4 Å². The van der Waals surface area contributed by atoms with E-state index in [0.29, 0.717) is 25.5 Å². The second kappa shape index (κ2) is 8.38. The van der Waals surface area contributed by atoms with Crippen LogP contribution < -0.4 is 10.1 Å². The zero-order valence-electron chi connectivity index (χ0n) is 12.1. The molecule has 1 aromatic rings. The summed E-state index contributed by atoms with van der Waals surface area (Å²) in [6.07, 6.45) is 2.31. The predicted molar refractivity (Wildman–Crippen MR) is 79.9 cm³/mol. The highest BCUT2D eigenvalue weighted by Gasteiger charge is 2.17. The van der Waals surface area contributed by atoms with E-state index in [1.54, 1.807) is 6.08 Å².